The summed E-state index contributed by atoms with van der Waals surface area (Å²) in [7, 11) is 0. The van der Waals surface area contributed by atoms with E-state index in [2.05, 4.69) is 11.4 Å². The molecule has 0 saturated heterocycles. The third-order valence-corrected chi connectivity index (χ3v) is 4.35. The largest absolute Gasteiger partial charge is 0.481 e. The molecule has 2 rings (SSSR count). The maximum Gasteiger partial charge on any atom is 0.307 e. The van der Waals surface area contributed by atoms with Crippen LogP contribution >= 0.6 is 0 Å². The highest BCUT2D eigenvalue weighted by Crippen LogP contribution is 2.27. The van der Waals surface area contributed by atoms with Gasteiger partial charge in [0.1, 0.15) is 0 Å². The van der Waals surface area contributed by atoms with E-state index >= 15 is 0 Å². The van der Waals surface area contributed by atoms with Crippen LogP contribution in [0.3, 0.4) is 0 Å². The highest BCUT2D eigenvalue weighted by atomic mass is 16.4. The van der Waals surface area contributed by atoms with Crippen LogP contribution in [-0.2, 0) is 9.59 Å². The number of rotatable bonds is 4. The SMILES string of the molecule is Cc1ccc(C)c([C@H](C)NC(=O)[C@H]2CC=CC[C@@H]2C(=O)O)c1. The topological polar surface area (TPSA) is 66.4 Å². The molecule has 1 amide bonds. The lowest BCUT2D eigenvalue weighted by Crippen LogP contribution is -2.39. The third-order valence-electron chi connectivity index (χ3n) is 4.35. The average Bonchev–Trinajstić information content (AvgIpc) is 2.49. The summed E-state index contributed by atoms with van der Waals surface area (Å²) in [4.78, 5) is 23.8. The Hall–Kier alpha value is -2.10. The first-order chi connectivity index (χ1) is 10.4. The fourth-order valence-electron chi connectivity index (χ4n) is 3.00. The number of carbonyl (C=O) groups is 2. The van der Waals surface area contributed by atoms with Gasteiger partial charge < -0.3 is 10.4 Å². The van der Waals surface area contributed by atoms with E-state index in [-0.39, 0.29) is 11.9 Å². The van der Waals surface area contributed by atoms with Gasteiger partial charge in [0.25, 0.3) is 0 Å². The molecule has 0 saturated carbocycles. The van der Waals surface area contributed by atoms with Crippen molar-refractivity contribution >= 4 is 11.9 Å². The van der Waals surface area contributed by atoms with Gasteiger partial charge in [-0.15, -0.1) is 0 Å². The molecule has 1 aromatic carbocycles. The second-order valence-corrected chi connectivity index (χ2v) is 6.08. The van der Waals surface area contributed by atoms with Gasteiger partial charge in [0, 0.05) is 0 Å². The molecule has 4 heteroatoms. The zero-order valence-corrected chi connectivity index (χ0v) is 13.3. The standard InChI is InChI=1S/C18H23NO3/c1-11-8-9-12(2)16(10-11)13(3)19-17(20)14-6-4-5-7-15(14)18(21)22/h4-5,8-10,13-15H,6-7H2,1-3H3,(H,19,20)(H,21,22)/t13-,14-,15-/m0/s1. The number of aliphatic carboxylic acids is 1. The van der Waals surface area contributed by atoms with Crippen LogP contribution in [0.5, 0.6) is 0 Å². The summed E-state index contributed by atoms with van der Waals surface area (Å²) in [5.41, 5.74) is 3.34. The maximum atomic E-state index is 12.5. The van der Waals surface area contributed by atoms with Crippen molar-refractivity contribution in [3.8, 4) is 0 Å². The summed E-state index contributed by atoms with van der Waals surface area (Å²) in [5.74, 6) is -2.19. The zero-order chi connectivity index (χ0) is 16.3. The Balaban J connectivity index is 2.12. The smallest absolute Gasteiger partial charge is 0.307 e. The number of allylic oxidation sites excluding steroid dienone is 2. The molecule has 0 fully saturated rings. The summed E-state index contributed by atoms with van der Waals surface area (Å²) < 4.78 is 0. The van der Waals surface area contributed by atoms with Crippen LogP contribution in [0, 0.1) is 25.7 Å². The number of carboxylic acids is 1. The average molecular weight is 301 g/mol. The van der Waals surface area contributed by atoms with Crippen molar-refractivity contribution in [3.63, 3.8) is 0 Å². The van der Waals surface area contributed by atoms with Crippen LogP contribution in [0.4, 0.5) is 0 Å². The number of benzene rings is 1. The van der Waals surface area contributed by atoms with Crippen molar-refractivity contribution in [1.29, 1.82) is 0 Å². The van der Waals surface area contributed by atoms with Crippen molar-refractivity contribution in [2.75, 3.05) is 0 Å². The molecule has 0 bridgehead atoms. The molecular formula is C18H23NO3. The minimum atomic E-state index is -0.899. The lowest BCUT2D eigenvalue weighted by Gasteiger charge is -2.26. The number of carbonyl (C=O) groups excluding carboxylic acids is 1. The first-order valence-electron chi connectivity index (χ1n) is 7.65. The van der Waals surface area contributed by atoms with Gasteiger partial charge in [0.05, 0.1) is 17.9 Å². The molecule has 0 unspecified atom stereocenters. The van der Waals surface area contributed by atoms with E-state index in [0.717, 1.165) is 16.7 Å². The molecule has 0 aromatic heterocycles. The summed E-state index contributed by atoms with van der Waals surface area (Å²) in [6, 6.07) is 6.01. The monoisotopic (exact) mass is 301 g/mol. The molecule has 1 aliphatic rings. The molecule has 4 nitrogen and oxygen atoms in total. The number of carboxylic acid groups (broad SMARTS) is 1. The minimum absolute atomic E-state index is 0.132. The van der Waals surface area contributed by atoms with Crippen molar-refractivity contribution in [1.82, 2.24) is 5.32 Å². The molecule has 0 aliphatic heterocycles. The van der Waals surface area contributed by atoms with Crippen LogP contribution in [0.25, 0.3) is 0 Å². The Labute approximate surface area is 131 Å². The number of hydrogen-bond donors (Lipinski definition) is 2. The van der Waals surface area contributed by atoms with E-state index in [4.69, 9.17) is 0 Å². The molecule has 2 N–H and O–H groups in total. The van der Waals surface area contributed by atoms with Crippen LogP contribution in [0.1, 0.15) is 42.5 Å². The van der Waals surface area contributed by atoms with Crippen LogP contribution in [-0.4, -0.2) is 17.0 Å². The summed E-state index contributed by atoms with van der Waals surface area (Å²) in [6.45, 7) is 5.97. The molecule has 3 atom stereocenters. The molecule has 22 heavy (non-hydrogen) atoms. The van der Waals surface area contributed by atoms with Crippen LogP contribution in [0.2, 0.25) is 0 Å². The molecule has 0 spiro atoms. The second kappa shape index (κ2) is 6.77. The Morgan fingerprint density at radius 2 is 1.82 bits per heavy atom. The fraction of sp³-hybridized carbons (Fsp3) is 0.444. The fourth-order valence-corrected chi connectivity index (χ4v) is 3.00. The van der Waals surface area contributed by atoms with E-state index in [0.29, 0.717) is 12.8 Å². The summed E-state index contributed by atoms with van der Waals surface area (Å²) in [5, 5.41) is 12.3. The van der Waals surface area contributed by atoms with E-state index in [1.807, 2.05) is 45.1 Å². The maximum absolute atomic E-state index is 12.5. The van der Waals surface area contributed by atoms with Crippen molar-refractivity contribution in [2.24, 2.45) is 11.8 Å². The second-order valence-electron chi connectivity index (χ2n) is 6.08. The van der Waals surface area contributed by atoms with Gasteiger partial charge in [-0.3, -0.25) is 9.59 Å². The van der Waals surface area contributed by atoms with Crippen molar-refractivity contribution in [3.05, 3.63) is 47.0 Å². The quantitative estimate of drug-likeness (QED) is 0.840. The number of nitrogens with one attached hydrogen (secondary N) is 1. The van der Waals surface area contributed by atoms with Crippen molar-refractivity contribution < 1.29 is 14.7 Å². The first-order valence-corrected chi connectivity index (χ1v) is 7.65. The predicted octanol–water partition coefficient (Wildman–Crippen LogP) is 3.15. The van der Waals surface area contributed by atoms with E-state index in [9.17, 15) is 14.7 Å². The third kappa shape index (κ3) is 3.56. The number of amides is 1. The van der Waals surface area contributed by atoms with Crippen LogP contribution in [0.15, 0.2) is 30.4 Å². The van der Waals surface area contributed by atoms with Gasteiger partial charge in [-0.1, -0.05) is 35.9 Å². The van der Waals surface area contributed by atoms with E-state index < -0.39 is 17.8 Å². The highest BCUT2D eigenvalue weighted by Gasteiger charge is 2.34. The molecular weight excluding hydrogens is 278 g/mol. The summed E-state index contributed by atoms with van der Waals surface area (Å²) in [6.07, 6.45) is 4.65. The molecule has 118 valence electrons. The Bertz CT molecular complexity index is 606. The molecule has 0 radical (unpaired) electrons. The van der Waals surface area contributed by atoms with Gasteiger partial charge in [0.2, 0.25) is 5.91 Å². The van der Waals surface area contributed by atoms with Gasteiger partial charge >= 0.3 is 5.97 Å². The molecule has 0 heterocycles. The Morgan fingerprint density at radius 3 is 2.45 bits per heavy atom. The van der Waals surface area contributed by atoms with Gasteiger partial charge in [-0.2, -0.15) is 0 Å². The Kier molecular flexibility index (Phi) is 5.01. The molecule has 1 aliphatic carbocycles. The lowest BCUT2D eigenvalue weighted by molar-refractivity contribution is -0.147. The van der Waals surface area contributed by atoms with Gasteiger partial charge in [-0.25, -0.2) is 0 Å². The van der Waals surface area contributed by atoms with Crippen molar-refractivity contribution in [2.45, 2.75) is 39.7 Å². The first kappa shape index (κ1) is 16.3. The summed E-state index contributed by atoms with van der Waals surface area (Å²) >= 11 is 0. The number of hydrogen-bond acceptors (Lipinski definition) is 2. The van der Waals surface area contributed by atoms with E-state index in [1.54, 1.807) is 0 Å². The molecule has 1 aromatic rings. The zero-order valence-electron chi connectivity index (χ0n) is 13.3. The van der Waals surface area contributed by atoms with E-state index in [1.165, 1.54) is 0 Å². The van der Waals surface area contributed by atoms with Gasteiger partial charge in [-0.05, 0) is 44.7 Å². The number of aryl methyl sites for hydroxylation is 2. The normalized spacial score (nSPS) is 22.1. The Morgan fingerprint density at radius 1 is 1.18 bits per heavy atom. The highest BCUT2D eigenvalue weighted by molar-refractivity contribution is 5.85. The van der Waals surface area contributed by atoms with Gasteiger partial charge in [0.15, 0.2) is 0 Å². The van der Waals surface area contributed by atoms with Crippen LogP contribution < -0.4 is 5.32 Å². The predicted molar refractivity (Wildman–Crippen MR) is 85.5 cm³/mol. The lowest BCUT2D eigenvalue weighted by atomic mass is 9.82. The minimum Gasteiger partial charge on any atom is -0.481 e.